The van der Waals surface area contributed by atoms with Gasteiger partial charge in [-0.25, -0.2) is 0 Å². The first-order valence-electron chi connectivity index (χ1n) is 10.4. The van der Waals surface area contributed by atoms with E-state index in [0.29, 0.717) is 12.8 Å². The second kappa shape index (κ2) is 8.35. The Kier molecular flexibility index (Phi) is 5.65. The number of rotatable bonds is 5. The van der Waals surface area contributed by atoms with E-state index in [1.165, 1.54) is 5.56 Å². The van der Waals surface area contributed by atoms with Crippen molar-refractivity contribution in [1.29, 1.82) is 0 Å². The first-order valence-corrected chi connectivity index (χ1v) is 10.4. The maximum absolute atomic E-state index is 12.4. The van der Waals surface area contributed by atoms with Crippen LogP contribution in [-0.2, 0) is 30.3 Å². The van der Waals surface area contributed by atoms with Gasteiger partial charge in [0.25, 0.3) is 5.91 Å². The molecule has 0 spiro atoms. The molecule has 2 fully saturated rings. The van der Waals surface area contributed by atoms with Crippen LogP contribution in [-0.4, -0.2) is 41.7 Å². The third-order valence-corrected chi connectivity index (χ3v) is 6.29. The number of nitrogens with one attached hydrogen (secondary N) is 1. The van der Waals surface area contributed by atoms with Crippen molar-refractivity contribution >= 4 is 23.7 Å². The lowest BCUT2D eigenvalue weighted by Gasteiger charge is -2.26. The molecule has 7 heteroatoms. The zero-order chi connectivity index (χ0) is 20.4. The van der Waals surface area contributed by atoms with Crippen LogP contribution >= 0.6 is 0 Å². The third kappa shape index (κ3) is 4.04. The maximum atomic E-state index is 12.4. The van der Waals surface area contributed by atoms with Gasteiger partial charge in [0.15, 0.2) is 6.61 Å². The molecule has 2 aliphatic carbocycles. The number of hydrogen-bond donors (Lipinski definition) is 1. The van der Waals surface area contributed by atoms with Gasteiger partial charge in [0, 0.05) is 0 Å². The molecule has 3 aliphatic rings. The van der Waals surface area contributed by atoms with E-state index >= 15 is 0 Å². The van der Waals surface area contributed by atoms with E-state index in [2.05, 4.69) is 11.4 Å². The van der Waals surface area contributed by atoms with E-state index in [0.717, 1.165) is 42.6 Å². The number of hydrogen-bond acceptors (Lipinski definition) is 5. The van der Waals surface area contributed by atoms with Gasteiger partial charge in [-0.15, -0.1) is 0 Å². The Hall–Kier alpha value is -2.70. The molecular formula is C22H26N2O5. The summed E-state index contributed by atoms with van der Waals surface area (Å²) >= 11 is 0. The van der Waals surface area contributed by atoms with Gasteiger partial charge in [0.1, 0.15) is 6.54 Å². The van der Waals surface area contributed by atoms with Gasteiger partial charge in [0.2, 0.25) is 11.8 Å². The van der Waals surface area contributed by atoms with Crippen molar-refractivity contribution in [1.82, 2.24) is 10.2 Å². The molecule has 3 amide bonds. The summed E-state index contributed by atoms with van der Waals surface area (Å²) in [6.07, 6.45) is 6.10. The molecule has 1 N–H and O–H groups in total. The Balaban J connectivity index is 1.27. The Labute approximate surface area is 169 Å². The smallest absolute Gasteiger partial charge is 0.326 e. The standard InChI is InChI=1S/C22H26N2O5/c25-19(23-18-11-5-7-14-6-1-2-8-15(14)18)13-29-20(26)12-24-21(27)16-9-3-4-10-17(16)22(24)28/h1-2,6,8,16-18H,3-5,7,9-13H2,(H,23,25)/t16-,17-,18-/m1/s1. The molecule has 1 saturated heterocycles. The largest absolute Gasteiger partial charge is 0.454 e. The fourth-order valence-electron chi connectivity index (χ4n) is 4.85. The molecule has 4 rings (SSSR count). The highest BCUT2D eigenvalue weighted by Gasteiger charge is 2.48. The number of nitrogens with zero attached hydrogens (tertiary/aromatic N) is 1. The topological polar surface area (TPSA) is 92.8 Å². The highest BCUT2D eigenvalue weighted by atomic mass is 16.5. The number of amides is 3. The van der Waals surface area contributed by atoms with Crippen molar-refractivity contribution in [2.24, 2.45) is 11.8 Å². The zero-order valence-electron chi connectivity index (χ0n) is 16.4. The van der Waals surface area contributed by atoms with E-state index in [-0.39, 0.29) is 35.6 Å². The Bertz CT molecular complexity index is 812. The van der Waals surface area contributed by atoms with Crippen LogP contribution in [0.2, 0.25) is 0 Å². The number of esters is 1. The molecule has 3 atom stereocenters. The van der Waals surface area contributed by atoms with Gasteiger partial charge in [0.05, 0.1) is 17.9 Å². The van der Waals surface area contributed by atoms with Crippen molar-refractivity contribution in [2.75, 3.05) is 13.2 Å². The predicted molar refractivity (Wildman–Crippen MR) is 103 cm³/mol. The van der Waals surface area contributed by atoms with Crippen LogP contribution in [0.1, 0.15) is 55.7 Å². The predicted octanol–water partition coefficient (Wildman–Crippen LogP) is 1.90. The lowest BCUT2D eigenvalue weighted by molar-refractivity contribution is -0.155. The summed E-state index contributed by atoms with van der Waals surface area (Å²) in [5.41, 5.74) is 2.34. The normalized spacial score (nSPS) is 25.9. The van der Waals surface area contributed by atoms with E-state index in [1.807, 2.05) is 18.2 Å². The number of likely N-dealkylation sites (tertiary alicyclic amines) is 1. The fraction of sp³-hybridized carbons (Fsp3) is 0.545. The van der Waals surface area contributed by atoms with Crippen LogP contribution in [0.3, 0.4) is 0 Å². The Morgan fingerprint density at radius 3 is 2.41 bits per heavy atom. The molecule has 7 nitrogen and oxygen atoms in total. The molecule has 29 heavy (non-hydrogen) atoms. The number of benzene rings is 1. The summed E-state index contributed by atoms with van der Waals surface area (Å²) in [5, 5.41) is 2.92. The van der Waals surface area contributed by atoms with Gasteiger partial charge < -0.3 is 10.1 Å². The first kappa shape index (κ1) is 19.6. The molecule has 0 radical (unpaired) electrons. The van der Waals surface area contributed by atoms with Crippen molar-refractivity contribution < 1.29 is 23.9 Å². The molecule has 1 aromatic rings. The number of carbonyl (C=O) groups excluding carboxylic acids is 4. The molecule has 154 valence electrons. The molecule has 0 bridgehead atoms. The molecule has 1 heterocycles. The minimum atomic E-state index is -0.732. The average Bonchev–Trinajstić information content (AvgIpc) is 2.98. The third-order valence-electron chi connectivity index (χ3n) is 6.29. The molecule has 1 aliphatic heterocycles. The number of ether oxygens (including phenoxy) is 1. The minimum Gasteiger partial charge on any atom is -0.454 e. The van der Waals surface area contributed by atoms with E-state index in [1.54, 1.807) is 0 Å². The van der Waals surface area contributed by atoms with E-state index < -0.39 is 19.1 Å². The van der Waals surface area contributed by atoms with Crippen molar-refractivity contribution in [2.45, 2.75) is 51.0 Å². The zero-order valence-corrected chi connectivity index (χ0v) is 16.4. The monoisotopic (exact) mass is 398 g/mol. The molecule has 0 unspecified atom stereocenters. The second-order valence-corrected chi connectivity index (χ2v) is 8.13. The molecular weight excluding hydrogens is 372 g/mol. The van der Waals surface area contributed by atoms with Gasteiger partial charge in [-0.1, -0.05) is 37.1 Å². The van der Waals surface area contributed by atoms with Crippen LogP contribution in [0.5, 0.6) is 0 Å². The van der Waals surface area contributed by atoms with Crippen LogP contribution in [0, 0.1) is 11.8 Å². The number of fused-ring (bicyclic) bond motifs is 2. The van der Waals surface area contributed by atoms with Crippen LogP contribution < -0.4 is 5.32 Å². The fourth-order valence-corrected chi connectivity index (χ4v) is 4.85. The Morgan fingerprint density at radius 2 is 1.69 bits per heavy atom. The van der Waals surface area contributed by atoms with Crippen LogP contribution in [0.4, 0.5) is 0 Å². The summed E-state index contributed by atoms with van der Waals surface area (Å²) < 4.78 is 5.05. The van der Waals surface area contributed by atoms with Crippen molar-refractivity contribution in [3.63, 3.8) is 0 Å². The lowest BCUT2D eigenvalue weighted by atomic mass is 9.81. The summed E-state index contributed by atoms with van der Waals surface area (Å²) in [4.78, 5) is 50.3. The van der Waals surface area contributed by atoms with Crippen LogP contribution in [0.25, 0.3) is 0 Å². The number of carbonyl (C=O) groups is 4. The summed E-state index contributed by atoms with van der Waals surface area (Å²) in [6, 6.07) is 7.92. The van der Waals surface area contributed by atoms with Crippen molar-refractivity contribution in [3.05, 3.63) is 35.4 Å². The molecule has 1 aromatic carbocycles. The quantitative estimate of drug-likeness (QED) is 0.604. The number of imide groups is 1. The maximum Gasteiger partial charge on any atom is 0.326 e. The highest BCUT2D eigenvalue weighted by molar-refractivity contribution is 6.07. The van der Waals surface area contributed by atoms with Crippen molar-refractivity contribution in [3.8, 4) is 0 Å². The molecule has 1 saturated carbocycles. The molecule has 0 aromatic heterocycles. The Morgan fingerprint density at radius 1 is 1.00 bits per heavy atom. The van der Waals surface area contributed by atoms with Gasteiger partial charge >= 0.3 is 5.97 Å². The van der Waals surface area contributed by atoms with Crippen LogP contribution in [0.15, 0.2) is 24.3 Å². The van der Waals surface area contributed by atoms with Gasteiger partial charge in [-0.3, -0.25) is 24.1 Å². The van der Waals surface area contributed by atoms with E-state index in [4.69, 9.17) is 4.74 Å². The summed E-state index contributed by atoms with van der Waals surface area (Å²) in [5.74, 6) is -2.25. The van der Waals surface area contributed by atoms with Gasteiger partial charge in [-0.05, 0) is 43.2 Å². The van der Waals surface area contributed by atoms with Gasteiger partial charge in [-0.2, -0.15) is 0 Å². The lowest BCUT2D eigenvalue weighted by Crippen LogP contribution is -2.38. The average molecular weight is 398 g/mol. The second-order valence-electron chi connectivity index (χ2n) is 8.13. The number of aryl methyl sites for hydroxylation is 1. The SMILES string of the molecule is O=C(COC(=O)CN1C(=O)[C@@H]2CCCC[C@H]2C1=O)N[C@@H]1CCCc2ccccc21. The summed E-state index contributed by atoms with van der Waals surface area (Å²) in [6.45, 7) is -0.829. The summed E-state index contributed by atoms with van der Waals surface area (Å²) in [7, 11) is 0. The first-order chi connectivity index (χ1) is 14.0. The highest BCUT2D eigenvalue weighted by Crippen LogP contribution is 2.37. The van der Waals surface area contributed by atoms with E-state index in [9.17, 15) is 19.2 Å². The minimum absolute atomic E-state index is 0.0870.